The fraction of sp³-hybridized carbons (Fsp3) is 0.471. The molecule has 0 aliphatic carbocycles. The van der Waals surface area contributed by atoms with E-state index in [0.717, 1.165) is 15.7 Å². The summed E-state index contributed by atoms with van der Waals surface area (Å²) >= 11 is 3.04. The van der Waals surface area contributed by atoms with Gasteiger partial charge < -0.3 is 4.74 Å². The Hall–Kier alpha value is -1.60. The zero-order chi connectivity index (χ0) is 17.7. The Morgan fingerprint density at radius 1 is 1.25 bits per heavy atom. The summed E-state index contributed by atoms with van der Waals surface area (Å²) in [6, 6.07) is 5.79. The zero-order valence-corrected chi connectivity index (χ0v) is 16.3. The predicted octanol–water partition coefficient (Wildman–Crippen LogP) is 4.31. The standard InChI is InChI=1S/C17H23N3O2S2/c1-10(2)9-23-17-20-19-16(24-17)18-15(21)13(5)22-14-7-6-11(3)12(4)8-14/h6-8,10,13H,9H2,1-5H3,(H,18,19,21)/t13-/m1/s1. The average molecular weight is 366 g/mol. The number of anilines is 1. The van der Waals surface area contributed by atoms with Crippen molar-refractivity contribution in [2.45, 2.75) is 45.1 Å². The number of nitrogens with one attached hydrogen (secondary N) is 1. The lowest BCUT2D eigenvalue weighted by Gasteiger charge is -2.14. The molecule has 1 N–H and O–H groups in total. The molecule has 5 nitrogen and oxygen atoms in total. The molecule has 0 spiro atoms. The predicted molar refractivity (Wildman–Crippen MR) is 100 cm³/mol. The first-order valence-corrected chi connectivity index (χ1v) is 9.66. The number of nitrogens with zero attached hydrogens (tertiary/aromatic N) is 2. The summed E-state index contributed by atoms with van der Waals surface area (Å²) in [5.41, 5.74) is 2.33. The third kappa shape index (κ3) is 5.49. The van der Waals surface area contributed by atoms with Gasteiger partial charge in [-0.15, -0.1) is 10.2 Å². The van der Waals surface area contributed by atoms with Gasteiger partial charge in [-0.3, -0.25) is 10.1 Å². The van der Waals surface area contributed by atoms with Crippen molar-refractivity contribution in [3.8, 4) is 5.75 Å². The molecule has 1 amide bonds. The minimum Gasteiger partial charge on any atom is -0.481 e. The number of carbonyl (C=O) groups is 1. The van der Waals surface area contributed by atoms with E-state index in [4.69, 9.17) is 4.74 Å². The van der Waals surface area contributed by atoms with Crippen LogP contribution < -0.4 is 10.1 Å². The van der Waals surface area contributed by atoms with E-state index in [1.807, 2.05) is 32.0 Å². The fourth-order valence-corrected chi connectivity index (χ4v) is 3.54. The first-order valence-electron chi connectivity index (χ1n) is 7.86. The molecule has 1 atom stereocenters. The highest BCUT2D eigenvalue weighted by Crippen LogP contribution is 2.27. The van der Waals surface area contributed by atoms with Crippen LogP contribution in [0.15, 0.2) is 22.5 Å². The topological polar surface area (TPSA) is 64.1 Å². The monoisotopic (exact) mass is 365 g/mol. The van der Waals surface area contributed by atoms with Gasteiger partial charge in [0.2, 0.25) is 5.13 Å². The van der Waals surface area contributed by atoms with E-state index in [2.05, 4.69) is 29.4 Å². The summed E-state index contributed by atoms with van der Waals surface area (Å²) in [5.74, 6) is 2.02. The molecule has 1 heterocycles. The van der Waals surface area contributed by atoms with E-state index in [9.17, 15) is 4.79 Å². The summed E-state index contributed by atoms with van der Waals surface area (Å²) < 4.78 is 6.57. The largest absolute Gasteiger partial charge is 0.481 e. The number of ether oxygens (including phenoxy) is 1. The third-order valence-corrected chi connectivity index (χ3v) is 5.74. The second kappa shape index (κ2) is 8.48. The van der Waals surface area contributed by atoms with Crippen molar-refractivity contribution < 1.29 is 9.53 Å². The smallest absolute Gasteiger partial charge is 0.266 e. The maximum Gasteiger partial charge on any atom is 0.266 e. The van der Waals surface area contributed by atoms with Crippen molar-refractivity contribution in [2.24, 2.45) is 5.92 Å². The van der Waals surface area contributed by atoms with Gasteiger partial charge in [0.15, 0.2) is 10.4 Å². The highest BCUT2D eigenvalue weighted by atomic mass is 32.2. The quantitative estimate of drug-likeness (QED) is 0.585. The van der Waals surface area contributed by atoms with Crippen LogP contribution in [0.25, 0.3) is 0 Å². The maximum absolute atomic E-state index is 12.2. The molecule has 7 heteroatoms. The Morgan fingerprint density at radius 2 is 2.00 bits per heavy atom. The van der Waals surface area contributed by atoms with Crippen LogP contribution in [-0.4, -0.2) is 28.0 Å². The molecular formula is C17H23N3O2S2. The van der Waals surface area contributed by atoms with Crippen LogP contribution in [0.4, 0.5) is 5.13 Å². The van der Waals surface area contributed by atoms with E-state index in [1.165, 1.54) is 16.9 Å². The van der Waals surface area contributed by atoms with Gasteiger partial charge in [0.05, 0.1) is 0 Å². The second-order valence-electron chi connectivity index (χ2n) is 6.07. The van der Waals surface area contributed by atoms with Crippen LogP contribution in [0, 0.1) is 19.8 Å². The Bertz CT molecular complexity index is 701. The molecule has 0 aliphatic heterocycles. The minimum atomic E-state index is -0.609. The number of rotatable bonds is 7. The van der Waals surface area contributed by atoms with Gasteiger partial charge in [-0.2, -0.15) is 0 Å². The molecule has 1 aromatic heterocycles. The molecule has 130 valence electrons. The van der Waals surface area contributed by atoms with Crippen LogP contribution in [0.3, 0.4) is 0 Å². The molecule has 0 unspecified atom stereocenters. The maximum atomic E-state index is 12.2. The lowest BCUT2D eigenvalue weighted by atomic mass is 10.1. The first kappa shape index (κ1) is 18.7. The molecule has 2 aromatic rings. The number of aromatic nitrogens is 2. The summed E-state index contributed by atoms with van der Waals surface area (Å²) in [6.07, 6.45) is -0.609. The number of aryl methyl sites for hydroxylation is 2. The average Bonchev–Trinajstić information content (AvgIpc) is 2.96. The van der Waals surface area contributed by atoms with Crippen molar-refractivity contribution in [2.75, 3.05) is 11.1 Å². The summed E-state index contributed by atoms with van der Waals surface area (Å²) in [6.45, 7) is 10.1. The first-order chi connectivity index (χ1) is 11.3. The van der Waals surface area contributed by atoms with Gasteiger partial charge in [-0.25, -0.2) is 0 Å². The van der Waals surface area contributed by atoms with Crippen molar-refractivity contribution in [1.29, 1.82) is 0 Å². The molecule has 0 fully saturated rings. The van der Waals surface area contributed by atoms with Crippen LogP contribution in [0.1, 0.15) is 31.9 Å². The Balaban J connectivity index is 1.90. The Morgan fingerprint density at radius 3 is 2.67 bits per heavy atom. The lowest BCUT2D eigenvalue weighted by molar-refractivity contribution is -0.122. The number of carbonyl (C=O) groups excluding carboxylic acids is 1. The number of thioether (sulfide) groups is 1. The number of benzene rings is 1. The number of amides is 1. The van der Waals surface area contributed by atoms with E-state index < -0.39 is 6.10 Å². The van der Waals surface area contributed by atoms with E-state index in [-0.39, 0.29) is 5.91 Å². The lowest BCUT2D eigenvalue weighted by Crippen LogP contribution is -2.30. The third-order valence-electron chi connectivity index (χ3n) is 3.34. The van der Waals surface area contributed by atoms with Crippen LogP contribution in [0.5, 0.6) is 5.75 Å². The second-order valence-corrected chi connectivity index (χ2v) is 8.32. The summed E-state index contributed by atoms with van der Waals surface area (Å²) in [7, 11) is 0. The molecule has 0 radical (unpaired) electrons. The molecule has 0 bridgehead atoms. The van der Waals surface area contributed by atoms with Crippen LogP contribution in [0.2, 0.25) is 0 Å². The van der Waals surface area contributed by atoms with Gasteiger partial charge in [0.1, 0.15) is 5.75 Å². The number of hydrogen-bond donors (Lipinski definition) is 1. The molecular weight excluding hydrogens is 342 g/mol. The van der Waals surface area contributed by atoms with Gasteiger partial charge in [-0.1, -0.05) is 43.0 Å². The summed E-state index contributed by atoms with van der Waals surface area (Å²) in [4.78, 5) is 12.2. The van der Waals surface area contributed by atoms with E-state index in [0.29, 0.717) is 16.8 Å². The molecule has 24 heavy (non-hydrogen) atoms. The molecule has 0 saturated carbocycles. The highest BCUT2D eigenvalue weighted by Gasteiger charge is 2.17. The van der Waals surface area contributed by atoms with Gasteiger partial charge >= 0.3 is 0 Å². The van der Waals surface area contributed by atoms with E-state index >= 15 is 0 Å². The van der Waals surface area contributed by atoms with Gasteiger partial charge in [0, 0.05) is 5.75 Å². The van der Waals surface area contributed by atoms with E-state index in [1.54, 1.807) is 18.7 Å². The molecule has 2 rings (SSSR count). The van der Waals surface area contributed by atoms with Crippen molar-refractivity contribution >= 4 is 34.1 Å². The normalized spacial score (nSPS) is 12.2. The van der Waals surface area contributed by atoms with Gasteiger partial charge in [-0.05, 0) is 49.9 Å². The van der Waals surface area contributed by atoms with Crippen molar-refractivity contribution in [3.63, 3.8) is 0 Å². The molecule has 0 saturated heterocycles. The molecule has 1 aromatic carbocycles. The van der Waals surface area contributed by atoms with Crippen LogP contribution in [-0.2, 0) is 4.79 Å². The molecule has 0 aliphatic rings. The fourth-order valence-electron chi connectivity index (χ4n) is 1.81. The Kier molecular flexibility index (Phi) is 6.62. The van der Waals surface area contributed by atoms with Crippen LogP contribution >= 0.6 is 23.1 Å². The number of hydrogen-bond acceptors (Lipinski definition) is 6. The van der Waals surface area contributed by atoms with Gasteiger partial charge in [0.25, 0.3) is 5.91 Å². The minimum absolute atomic E-state index is 0.232. The highest BCUT2D eigenvalue weighted by molar-refractivity contribution is 8.01. The van der Waals surface area contributed by atoms with Crippen molar-refractivity contribution in [1.82, 2.24) is 10.2 Å². The SMILES string of the molecule is Cc1ccc(O[C@H](C)C(=O)Nc2nnc(SCC(C)C)s2)cc1C. The zero-order valence-electron chi connectivity index (χ0n) is 14.6. The summed E-state index contributed by atoms with van der Waals surface area (Å²) in [5, 5.41) is 11.4. The van der Waals surface area contributed by atoms with Crippen molar-refractivity contribution in [3.05, 3.63) is 29.3 Å². The Labute approximate surface area is 151 Å².